The lowest BCUT2D eigenvalue weighted by Crippen LogP contribution is -2.11. The molecule has 0 spiro atoms. The summed E-state index contributed by atoms with van der Waals surface area (Å²) < 4.78 is 5.05. The molecule has 0 saturated carbocycles. The molecule has 2 N–H and O–H groups in total. The molecular formula is C17H19NO4S. The smallest absolute Gasteiger partial charge is 0.341 e. The molecule has 0 aliphatic rings. The van der Waals surface area contributed by atoms with Gasteiger partial charge >= 0.3 is 5.97 Å². The maximum absolute atomic E-state index is 12.3. The van der Waals surface area contributed by atoms with Crippen LogP contribution in [0.15, 0.2) is 30.3 Å². The molecule has 0 aliphatic heterocycles. The number of carbonyl (C=O) groups is 2. The molecule has 6 heteroatoms. The van der Waals surface area contributed by atoms with E-state index in [0.717, 1.165) is 12.8 Å². The highest BCUT2D eigenvalue weighted by Crippen LogP contribution is 2.24. The van der Waals surface area contributed by atoms with Gasteiger partial charge in [-0.05, 0) is 49.2 Å². The van der Waals surface area contributed by atoms with Crippen LogP contribution >= 0.6 is 11.3 Å². The number of thiophene rings is 1. The molecule has 2 rings (SSSR count). The molecular weight excluding hydrogens is 314 g/mol. The maximum atomic E-state index is 12.3. The van der Waals surface area contributed by atoms with Gasteiger partial charge in [-0.15, -0.1) is 11.3 Å². The van der Waals surface area contributed by atoms with Crippen molar-refractivity contribution < 1.29 is 19.4 Å². The Balaban J connectivity index is 1.99. The molecule has 0 saturated heterocycles. The number of nitrogens with one attached hydrogen (secondary N) is 1. The molecule has 1 amide bonds. The van der Waals surface area contributed by atoms with Crippen molar-refractivity contribution in [1.82, 2.24) is 0 Å². The van der Waals surface area contributed by atoms with Gasteiger partial charge in [0.15, 0.2) is 6.61 Å². The zero-order valence-electron chi connectivity index (χ0n) is 13.1. The Morgan fingerprint density at radius 2 is 1.96 bits per heavy atom. The van der Waals surface area contributed by atoms with Crippen LogP contribution in [0, 0.1) is 6.92 Å². The summed E-state index contributed by atoms with van der Waals surface area (Å²) in [4.78, 5) is 24.6. The van der Waals surface area contributed by atoms with E-state index in [4.69, 9.17) is 9.84 Å². The Hall–Kier alpha value is -2.34. The lowest BCUT2D eigenvalue weighted by Gasteiger charge is -2.06. The van der Waals surface area contributed by atoms with E-state index in [-0.39, 0.29) is 12.5 Å². The number of ether oxygens (including phenoxy) is 1. The van der Waals surface area contributed by atoms with Crippen molar-refractivity contribution in [2.24, 2.45) is 0 Å². The number of carboxylic acids is 1. The number of carboxylic acid groups (broad SMARTS) is 1. The SMILES string of the molecule is CCCc1cc(C(=O)Nc2ccc(OCC(=O)O)cc2)sc1C. The molecule has 1 aromatic carbocycles. The standard InChI is InChI=1S/C17H19NO4S/c1-3-4-12-9-15(23-11(12)2)17(21)18-13-5-7-14(8-6-13)22-10-16(19)20/h5-9H,3-4,10H2,1-2H3,(H,18,21)(H,19,20). The Bertz CT molecular complexity index is 691. The van der Waals surface area contributed by atoms with E-state index in [0.29, 0.717) is 16.3 Å². The molecule has 0 atom stereocenters. The van der Waals surface area contributed by atoms with Crippen LogP contribution in [0.5, 0.6) is 5.75 Å². The van der Waals surface area contributed by atoms with Crippen molar-refractivity contribution in [1.29, 1.82) is 0 Å². The second-order valence-electron chi connectivity index (χ2n) is 5.10. The quantitative estimate of drug-likeness (QED) is 0.809. The summed E-state index contributed by atoms with van der Waals surface area (Å²) in [5, 5.41) is 11.4. The lowest BCUT2D eigenvalue weighted by atomic mass is 10.1. The number of aliphatic carboxylic acids is 1. The molecule has 122 valence electrons. The van der Waals surface area contributed by atoms with Gasteiger partial charge in [-0.3, -0.25) is 4.79 Å². The van der Waals surface area contributed by atoms with Crippen molar-refractivity contribution in [3.05, 3.63) is 45.6 Å². The van der Waals surface area contributed by atoms with E-state index in [1.165, 1.54) is 21.8 Å². The minimum Gasteiger partial charge on any atom is -0.482 e. The van der Waals surface area contributed by atoms with Gasteiger partial charge in [-0.25, -0.2) is 4.79 Å². The van der Waals surface area contributed by atoms with Crippen LogP contribution in [0.2, 0.25) is 0 Å². The summed E-state index contributed by atoms with van der Waals surface area (Å²) in [6, 6.07) is 8.57. The molecule has 23 heavy (non-hydrogen) atoms. The van der Waals surface area contributed by atoms with E-state index in [1.54, 1.807) is 24.3 Å². The minimum atomic E-state index is -1.03. The van der Waals surface area contributed by atoms with Crippen LogP contribution in [0.4, 0.5) is 5.69 Å². The molecule has 0 fully saturated rings. The summed E-state index contributed by atoms with van der Waals surface area (Å²) in [6.45, 7) is 3.76. The largest absolute Gasteiger partial charge is 0.482 e. The molecule has 1 aromatic heterocycles. The van der Waals surface area contributed by atoms with Gasteiger partial charge in [0.1, 0.15) is 5.75 Å². The monoisotopic (exact) mass is 333 g/mol. The van der Waals surface area contributed by atoms with Crippen LogP contribution in [-0.2, 0) is 11.2 Å². The van der Waals surface area contributed by atoms with Crippen LogP contribution in [-0.4, -0.2) is 23.6 Å². The highest BCUT2D eigenvalue weighted by atomic mass is 32.1. The van der Waals surface area contributed by atoms with Crippen molar-refractivity contribution in [2.75, 3.05) is 11.9 Å². The Labute approximate surface area is 138 Å². The molecule has 1 heterocycles. The molecule has 2 aromatic rings. The minimum absolute atomic E-state index is 0.139. The summed E-state index contributed by atoms with van der Waals surface area (Å²) in [7, 11) is 0. The first kappa shape index (κ1) is 17.0. The summed E-state index contributed by atoms with van der Waals surface area (Å²) >= 11 is 1.49. The number of rotatable bonds is 7. The van der Waals surface area contributed by atoms with Crippen molar-refractivity contribution in [2.45, 2.75) is 26.7 Å². The molecule has 0 aliphatic carbocycles. The first-order valence-electron chi connectivity index (χ1n) is 7.35. The fourth-order valence-corrected chi connectivity index (χ4v) is 3.09. The first-order valence-corrected chi connectivity index (χ1v) is 8.16. The van der Waals surface area contributed by atoms with Crippen molar-refractivity contribution >= 4 is 28.9 Å². The highest BCUT2D eigenvalue weighted by Gasteiger charge is 2.12. The molecule has 5 nitrogen and oxygen atoms in total. The van der Waals surface area contributed by atoms with Crippen molar-refractivity contribution in [3.63, 3.8) is 0 Å². The molecule has 0 bridgehead atoms. The van der Waals surface area contributed by atoms with E-state index in [1.807, 2.05) is 13.0 Å². The van der Waals surface area contributed by atoms with Gasteiger partial charge in [0, 0.05) is 10.6 Å². The summed E-state index contributed by atoms with van der Waals surface area (Å²) in [5.41, 5.74) is 1.86. The van der Waals surface area contributed by atoms with E-state index in [2.05, 4.69) is 12.2 Å². The zero-order chi connectivity index (χ0) is 16.8. The Morgan fingerprint density at radius 1 is 1.26 bits per heavy atom. The van der Waals surface area contributed by atoms with Gasteiger partial charge < -0.3 is 15.2 Å². The Morgan fingerprint density at radius 3 is 2.57 bits per heavy atom. The maximum Gasteiger partial charge on any atom is 0.341 e. The average Bonchev–Trinajstić information content (AvgIpc) is 2.88. The second-order valence-corrected chi connectivity index (χ2v) is 6.36. The number of benzene rings is 1. The second kappa shape index (κ2) is 7.78. The average molecular weight is 333 g/mol. The van der Waals surface area contributed by atoms with Crippen LogP contribution in [0.25, 0.3) is 0 Å². The zero-order valence-corrected chi connectivity index (χ0v) is 13.9. The third-order valence-corrected chi connectivity index (χ3v) is 4.33. The van der Waals surface area contributed by atoms with E-state index >= 15 is 0 Å². The van der Waals surface area contributed by atoms with Crippen LogP contribution in [0.1, 0.15) is 33.5 Å². The van der Waals surface area contributed by atoms with Gasteiger partial charge in [0.25, 0.3) is 5.91 Å². The van der Waals surface area contributed by atoms with E-state index in [9.17, 15) is 9.59 Å². The number of anilines is 1. The van der Waals surface area contributed by atoms with Gasteiger partial charge in [-0.2, -0.15) is 0 Å². The highest BCUT2D eigenvalue weighted by molar-refractivity contribution is 7.14. The third-order valence-electron chi connectivity index (χ3n) is 3.24. The van der Waals surface area contributed by atoms with E-state index < -0.39 is 5.97 Å². The van der Waals surface area contributed by atoms with Crippen LogP contribution in [0.3, 0.4) is 0 Å². The fraction of sp³-hybridized carbons (Fsp3) is 0.294. The van der Waals surface area contributed by atoms with Crippen LogP contribution < -0.4 is 10.1 Å². The number of amides is 1. The number of aryl methyl sites for hydroxylation is 2. The number of hydrogen-bond acceptors (Lipinski definition) is 4. The predicted octanol–water partition coefficient (Wildman–Crippen LogP) is 3.72. The lowest BCUT2D eigenvalue weighted by molar-refractivity contribution is -0.139. The fourth-order valence-electron chi connectivity index (χ4n) is 2.12. The van der Waals surface area contributed by atoms with Crippen molar-refractivity contribution in [3.8, 4) is 5.75 Å². The number of carbonyl (C=O) groups excluding carboxylic acids is 1. The van der Waals surface area contributed by atoms with Gasteiger partial charge in [-0.1, -0.05) is 13.3 Å². The summed E-state index contributed by atoms with van der Waals surface area (Å²) in [5.74, 6) is -0.722. The Kier molecular flexibility index (Phi) is 5.76. The number of hydrogen-bond donors (Lipinski definition) is 2. The van der Waals surface area contributed by atoms with Gasteiger partial charge in [0.2, 0.25) is 0 Å². The van der Waals surface area contributed by atoms with Gasteiger partial charge in [0.05, 0.1) is 4.88 Å². The normalized spacial score (nSPS) is 10.3. The third kappa shape index (κ3) is 4.82. The molecule has 0 unspecified atom stereocenters. The molecule has 0 radical (unpaired) electrons. The topological polar surface area (TPSA) is 75.6 Å². The predicted molar refractivity (Wildman–Crippen MR) is 90.6 cm³/mol. The summed E-state index contributed by atoms with van der Waals surface area (Å²) in [6.07, 6.45) is 2.03. The first-order chi connectivity index (χ1) is 11.0.